The van der Waals surface area contributed by atoms with E-state index < -0.39 is 23.9 Å². The predicted molar refractivity (Wildman–Crippen MR) is 43.2 cm³/mol. The van der Waals surface area contributed by atoms with Crippen LogP contribution in [0.25, 0.3) is 0 Å². The Labute approximate surface area is 81.8 Å². The second-order valence-corrected chi connectivity index (χ2v) is 2.57. The van der Waals surface area contributed by atoms with E-state index in [-0.39, 0.29) is 12.1 Å². The van der Waals surface area contributed by atoms with E-state index in [4.69, 9.17) is 11.5 Å². The van der Waals surface area contributed by atoms with Gasteiger partial charge < -0.3 is 16.2 Å². The molecule has 0 bridgehead atoms. The van der Waals surface area contributed by atoms with Crippen molar-refractivity contribution in [2.24, 2.45) is 5.73 Å². The van der Waals surface area contributed by atoms with E-state index in [1.165, 1.54) is 0 Å². The Balaban J connectivity index is 3.12. The molecule has 1 rings (SSSR count). The topological polar surface area (TPSA) is 74.2 Å². The summed E-state index contributed by atoms with van der Waals surface area (Å²) in [5.74, 6) is -2.16. The Kier molecular flexibility index (Phi) is 2.98. The third kappa shape index (κ3) is 2.94. The summed E-state index contributed by atoms with van der Waals surface area (Å²) in [7, 11) is 0. The van der Waals surface area contributed by atoms with Crippen molar-refractivity contribution in [3.63, 3.8) is 0 Å². The number of rotatable bonds is 2. The fourth-order valence-electron chi connectivity index (χ4n) is 0.905. The number of ether oxygens (including phenoxy) is 1. The van der Waals surface area contributed by atoms with E-state index in [0.717, 1.165) is 6.07 Å². The van der Waals surface area contributed by atoms with Crippen LogP contribution in [0.5, 0.6) is 5.88 Å². The molecular formula is C7H7F4N3O. The first kappa shape index (κ1) is 11.5. The SMILES string of the molecule is NCc1cc(F)nc(OC(F)(F)F)c1N. The number of hydrogen-bond donors (Lipinski definition) is 2. The molecule has 0 saturated heterocycles. The average molecular weight is 225 g/mol. The third-order valence-corrected chi connectivity index (χ3v) is 1.51. The van der Waals surface area contributed by atoms with Crippen LogP contribution in [-0.2, 0) is 6.54 Å². The number of pyridine rings is 1. The van der Waals surface area contributed by atoms with Crippen LogP contribution in [0.1, 0.15) is 5.56 Å². The van der Waals surface area contributed by atoms with Gasteiger partial charge in [0, 0.05) is 6.54 Å². The molecule has 0 aliphatic rings. The zero-order valence-corrected chi connectivity index (χ0v) is 7.31. The molecule has 0 saturated carbocycles. The summed E-state index contributed by atoms with van der Waals surface area (Å²) in [5.41, 5.74) is 9.96. The van der Waals surface area contributed by atoms with Crippen molar-refractivity contribution in [2.45, 2.75) is 12.9 Å². The first-order valence-electron chi connectivity index (χ1n) is 3.74. The Morgan fingerprint density at radius 3 is 2.47 bits per heavy atom. The van der Waals surface area contributed by atoms with Crippen LogP contribution in [0.4, 0.5) is 23.2 Å². The minimum absolute atomic E-state index is 0.00162. The molecule has 1 aromatic rings. The first-order valence-corrected chi connectivity index (χ1v) is 3.74. The minimum Gasteiger partial charge on any atom is -0.394 e. The zero-order valence-electron chi connectivity index (χ0n) is 7.31. The summed E-state index contributed by atoms with van der Waals surface area (Å²) in [4.78, 5) is 2.88. The normalized spacial score (nSPS) is 11.5. The number of hydrogen-bond acceptors (Lipinski definition) is 4. The first-order chi connectivity index (χ1) is 6.83. The van der Waals surface area contributed by atoms with Gasteiger partial charge in [0.25, 0.3) is 0 Å². The fourth-order valence-corrected chi connectivity index (χ4v) is 0.905. The quantitative estimate of drug-likeness (QED) is 0.585. The van der Waals surface area contributed by atoms with Crippen LogP contribution in [0.2, 0.25) is 0 Å². The van der Waals surface area contributed by atoms with Crippen molar-refractivity contribution >= 4 is 5.69 Å². The lowest BCUT2D eigenvalue weighted by atomic mass is 10.2. The van der Waals surface area contributed by atoms with Gasteiger partial charge in [-0.1, -0.05) is 0 Å². The smallest absolute Gasteiger partial charge is 0.394 e. The van der Waals surface area contributed by atoms with Gasteiger partial charge in [-0.15, -0.1) is 13.2 Å². The highest BCUT2D eigenvalue weighted by atomic mass is 19.4. The molecule has 0 radical (unpaired) electrons. The Hall–Kier alpha value is -1.57. The van der Waals surface area contributed by atoms with Crippen LogP contribution >= 0.6 is 0 Å². The van der Waals surface area contributed by atoms with Crippen LogP contribution in [0, 0.1) is 5.95 Å². The summed E-state index contributed by atoms with van der Waals surface area (Å²) in [6.07, 6.45) is -4.97. The van der Waals surface area contributed by atoms with Gasteiger partial charge in [0.15, 0.2) is 0 Å². The molecule has 0 aliphatic heterocycles. The summed E-state index contributed by atoms with van der Waals surface area (Å²) in [6, 6.07) is 0.846. The molecule has 15 heavy (non-hydrogen) atoms. The van der Waals surface area contributed by atoms with Gasteiger partial charge in [-0.2, -0.15) is 9.37 Å². The lowest BCUT2D eigenvalue weighted by Crippen LogP contribution is -2.20. The zero-order chi connectivity index (χ0) is 11.6. The Morgan fingerprint density at radius 2 is 2.00 bits per heavy atom. The van der Waals surface area contributed by atoms with Crippen molar-refractivity contribution in [2.75, 3.05) is 5.73 Å². The standard InChI is InChI=1S/C7H7F4N3O/c8-4-1-3(2-12)5(13)6(14-4)15-7(9,10)11/h1H,2,12-13H2. The fraction of sp³-hybridized carbons (Fsp3) is 0.286. The molecule has 8 heteroatoms. The van der Waals surface area contributed by atoms with Crippen molar-refractivity contribution in [3.8, 4) is 5.88 Å². The molecule has 0 unspecified atom stereocenters. The van der Waals surface area contributed by atoms with Gasteiger partial charge in [-0.05, 0) is 11.6 Å². The van der Waals surface area contributed by atoms with E-state index in [1.807, 2.05) is 0 Å². The maximum absolute atomic E-state index is 12.7. The van der Waals surface area contributed by atoms with Crippen LogP contribution in [-0.4, -0.2) is 11.3 Å². The second-order valence-electron chi connectivity index (χ2n) is 2.57. The third-order valence-electron chi connectivity index (χ3n) is 1.51. The molecule has 1 aromatic heterocycles. The van der Waals surface area contributed by atoms with E-state index >= 15 is 0 Å². The maximum Gasteiger partial charge on any atom is 0.574 e. The number of halogens is 4. The van der Waals surface area contributed by atoms with Gasteiger partial charge >= 0.3 is 6.36 Å². The molecule has 0 aromatic carbocycles. The number of alkyl halides is 3. The van der Waals surface area contributed by atoms with E-state index in [0.29, 0.717) is 0 Å². The van der Waals surface area contributed by atoms with Gasteiger partial charge in [0.2, 0.25) is 11.8 Å². The van der Waals surface area contributed by atoms with E-state index in [1.54, 1.807) is 0 Å². The molecule has 0 fully saturated rings. The van der Waals surface area contributed by atoms with Gasteiger partial charge in [0.05, 0.1) is 5.69 Å². The summed E-state index contributed by atoms with van der Waals surface area (Å²) in [6.45, 7) is -0.209. The number of nitrogens with zero attached hydrogens (tertiary/aromatic N) is 1. The molecule has 0 atom stereocenters. The Morgan fingerprint density at radius 1 is 1.40 bits per heavy atom. The number of nitrogens with two attached hydrogens (primary N) is 2. The van der Waals surface area contributed by atoms with Gasteiger partial charge in [0.1, 0.15) is 0 Å². The van der Waals surface area contributed by atoms with Crippen molar-refractivity contribution < 1.29 is 22.3 Å². The summed E-state index contributed by atoms with van der Waals surface area (Å²) < 4.78 is 51.6. The molecule has 84 valence electrons. The average Bonchev–Trinajstić information content (AvgIpc) is 2.08. The van der Waals surface area contributed by atoms with Gasteiger partial charge in [-0.3, -0.25) is 0 Å². The van der Waals surface area contributed by atoms with Crippen molar-refractivity contribution in [1.82, 2.24) is 4.98 Å². The number of anilines is 1. The van der Waals surface area contributed by atoms with Crippen LogP contribution < -0.4 is 16.2 Å². The second kappa shape index (κ2) is 3.89. The van der Waals surface area contributed by atoms with E-state index in [2.05, 4.69) is 9.72 Å². The highest BCUT2D eigenvalue weighted by Crippen LogP contribution is 2.28. The van der Waals surface area contributed by atoms with E-state index in [9.17, 15) is 17.6 Å². The molecule has 4 N–H and O–H groups in total. The van der Waals surface area contributed by atoms with Crippen LogP contribution in [0.15, 0.2) is 6.07 Å². The lowest BCUT2D eigenvalue weighted by molar-refractivity contribution is -0.276. The van der Waals surface area contributed by atoms with Crippen molar-refractivity contribution in [1.29, 1.82) is 0 Å². The minimum atomic E-state index is -4.97. The molecule has 0 spiro atoms. The lowest BCUT2D eigenvalue weighted by Gasteiger charge is -2.11. The van der Waals surface area contributed by atoms with Crippen LogP contribution in [0.3, 0.4) is 0 Å². The molecule has 0 aliphatic carbocycles. The van der Waals surface area contributed by atoms with Crippen molar-refractivity contribution in [3.05, 3.63) is 17.6 Å². The maximum atomic E-state index is 12.7. The molecule has 4 nitrogen and oxygen atoms in total. The largest absolute Gasteiger partial charge is 0.574 e. The Bertz CT molecular complexity index is 366. The highest BCUT2D eigenvalue weighted by Gasteiger charge is 2.33. The van der Waals surface area contributed by atoms with Gasteiger partial charge in [-0.25, -0.2) is 0 Å². The number of aromatic nitrogens is 1. The molecule has 0 amide bonds. The number of nitrogen functional groups attached to an aromatic ring is 1. The molecular weight excluding hydrogens is 218 g/mol. The summed E-state index contributed by atoms with van der Waals surface area (Å²) >= 11 is 0. The summed E-state index contributed by atoms with van der Waals surface area (Å²) in [5, 5.41) is 0. The monoisotopic (exact) mass is 225 g/mol. The highest BCUT2D eigenvalue weighted by molar-refractivity contribution is 5.54. The molecule has 1 heterocycles. The predicted octanol–water partition coefficient (Wildman–Crippen LogP) is 1.16.